The number of carbonyl (C=O) groups is 1. The molecule has 9 heteroatoms. The van der Waals surface area contributed by atoms with E-state index in [-0.39, 0.29) is 18.1 Å². The highest BCUT2D eigenvalue weighted by molar-refractivity contribution is 6.02. The number of aryl methyl sites for hydroxylation is 1. The number of nitrogens with one attached hydrogen (secondary N) is 1. The SMILES string of the molecule is C=C1N(Cc2ccc(F)c(C#N)c2)C(=Nc2cnc(OC)cc2C)NC(=O)N1C(/C=C(C)\C=C(/C)CC)=C/C. The summed E-state index contributed by atoms with van der Waals surface area (Å²) in [5.41, 5.74) is 4.69. The lowest BCUT2D eigenvalue weighted by Crippen LogP contribution is -2.57. The number of halogens is 1. The summed E-state index contributed by atoms with van der Waals surface area (Å²) in [4.78, 5) is 25.5. The molecule has 8 nitrogen and oxygen atoms in total. The van der Waals surface area contributed by atoms with Crippen LogP contribution in [0.15, 0.2) is 82.9 Å². The zero-order chi connectivity index (χ0) is 28.7. The van der Waals surface area contributed by atoms with Gasteiger partial charge in [0.15, 0.2) is 0 Å². The molecule has 1 aliphatic rings. The number of nitriles is 1. The number of guanidine groups is 1. The van der Waals surface area contributed by atoms with E-state index in [0.29, 0.717) is 28.6 Å². The van der Waals surface area contributed by atoms with Crippen molar-refractivity contribution in [1.29, 1.82) is 5.26 Å². The number of hydrogen-bond acceptors (Lipinski definition) is 5. The fourth-order valence-corrected chi connectivity index (χ4v) is 3.95. The molecule has 0 unspecified atom stereocenters. The molecule has 1 aliphatic heterocycles. The minimum absolute atomic E-state index is 0.0736. The van der Waals surface area contributed by atoms with E-state index in [4.69, 9.17) is 4.74 Å². The van der Waals surface area contributed by atoms with Gasteiger partial charge in [-0.25, -0.2) is 24.1 Å². The molecular weight excluding hydrogens is 495 g/mol. The van der Waals surface area contributed by atoms with Crippen molar-refractivity contribution in [2.75, 3.05) is 7.11 Å². The van der Waals surface area contributed by atoms with Crippen LogP contribution in [0.3, 0.4) is 0 Å². The van der Waals surface area contributed by atoms with Crippen molar-refractivity contribution in [2.24, 2.45) is 4.99 Å². The second kappa shape index (κ2) is 12.7. The van der Waals surface area contributed by atoms with E-state index in [1.54, 1.807) is 23.2 Å². The number of rotatable bonds is 8. The summed E-state index contributed by atoms with van der Waals surface area (Å²) in [5, 5.41) is 12.2. The number of methoxy groups -OCH3 is 1. The summed E-state index contributed by atoms with van der Waals surface area (Å²) in [6, 6.07) is 7.48. The fourth-order valence-electron chi connectivity index (χ4n) is 3.95. The number of allylic oxidation sites excluding steroid dienone is 5. The average Bonchev–Trinajstić information content (AvgIpc) is 2.91. The number of hydrogen-bond donors (Lipinski definition) is 1. The first-order valence-corrected chi connectivity index (χ1v) is 12.5. The van der Waals surface area contributed by atoms with Gasteiger partial charge in [-0.1, -0.05) is 37.3 Å². The highest BCUT2D eigenvalue weighted by Crippen LogP contribution is 2.28. The molecule has 202 valence electrons. The molecule has 0 atom stereocenters. The van der Waals surface area contributed by atoms with Gasteiger partial charge < -0.3 is 4.74 Å². The van der Waals surface area contributed by atoms with Crippen LogP contribution in [0.2, 0.25) is 0 Å². The molecule has 0 saturated carbocycles. The molecule has 0 radical (unpaired) electrons. The minimum atomic E-state index is -0.602. The van der Waals surface area contributed by atoms with Gasteiger partial charge in [-0.2, -0.15) is 5.26 Å². The summed E-state index contributed by atoms with van der Waals surface area (Å²) >= 11 is 0. The van der Waals surface area contributed by atoms with E-state index in [0.717, 1.165) is 17.6 Å². The van der Waals surface area contributed by atoms with Gasteiger partial charge in [0.25, 0.3) is 0 Å². The van der Waals surface area contributed by atoms with Crippen LogP contribution in [-0.2, 0) is 6.54 Å². The van der Waals surface area contributed by atoms with Crippen molar-refractivity contribution in [1.82, 2.24) is 20.1 Å². The topological polar surface area (TPSA) is 93.9 Å². The van der Waals surface area contributed by atoms with Crippen molar-refractivity contribution in [3.63, 3.8) is 0 Å². The molecule has 2 amide bonds. The van der Waals surface area contributed by atoms with Crippen molar-refractivity contribution < 1.29 is 13.9 Å². The van der Waals surface area contributed by atoms with Crippen LogP contribution >= 0.6 is 0 Å². The molecule has 3 rings (SSSR count). The Morgan fingerprint density at radius 1 is 1.31 bits per heavy atom. The van der Waals surface area contributed by atoms with Gasteiger partial charge in [-0.3, -0.25) is 10.2 Å². The number of aromatic nitrogens is 1. The number of benzene rings is 1. The third kappa shape index (κ3) is 6.79. The highest BCUT2D eigenvalue weighted by atomic mass is 19.1. The lowest BCUT2D eigenvalue weighted by atomic mass is 10.1. The molecule has 2 heterocycles. The molecular formula is C30H33FN6O2. The Kier molecular flexibility index (Phi) is 9.39. The Balaban J connectivity index is 2.09. The normalized spacial score (nSPS) is 15.9. The number of nitrogens with zero attached hydrogens (tertiary/aromatic N) is 5. The van der Waals surface area contributed by atoms with E-state index >= 15 is 0 Å². The van der Waals surface area contributed by atoms with Crippen molar-refractivity contribution in [3.05, 3.63) is 100 Å². The number of amides is 2. The van der Waals surface area contributed by atoms with Crippen LogP contribution in [0.25, 0.3) is 0 Å². The van der Waals surface area contributed by atoms with Crippen LogP contribution in [0.4, 0.5) is 14.9 Å². The third-order valence-corrected chi connectivity index (χ3v) is 6.19. The highest BCUT2D eigenvalue weighted by Gasteiger charge is 2.34. The maximum absolute atomic E-state index is 14.0. The first-order valence-electron chi connectivity index (χ1n) is 12.5. The summed E-state index contributed by atoms with van der Waals surface area (Å²) in [7, 11) is 1.53. The number of aliphatic imine (C=N–C) groups is 1. The molecule has 2 aromatic rings. The van der Waals surface area contributed by atoms with Crippen LogP contribution in [0.1, 0.15) is 50.8 Å². The van der Waals surface area contributed by atoms with Gasteiger partial charge in [0.05, 0.1) is 31.1 Å². The molecule has 0 spiro atoms. The Labute approximate surface area is 229 Å². The summed E-state index contributed by atoms with van der Waals surface area (Å²) in [5.74, 6) is 0.402. The largest absolute Gasteiger partial charge is 0.481 e. The van der Waals surface area contributed by atoms with E-state index < -0.39 is 11.8 Å². The standard InChI is InChI=1S/C30H33FN6O2/c1-8-19(3)12-20(4)13-25(9-2)37-22(6)36(18-23-10-11-26(31)24(15-23)16-32)29(35-30(37)38)34-27-17-33-28(39-7)14-21(27)5/h9-15,17H,6,8,18H2,1-5,7H3,(H,34,35,38)/b19-12+,20-13-,25-9+. The monoisotopic (exact) mass is 528 g/mol. The fraction of sp³-hybridized carbons (Fsp3) is 0.267. The van der Waals surface area contributed by atoms with Gasteiger partial charge in [0.1, 0.15) is 17.7 Å². The van der Waals surface area contributed by atoms with Gasteiger partial charge in [0.2, 0.25) is 11.8 Å². The number of pyridine rings is 1. The average molecular weight is 529 g/mol. The van der Waals surface area contributed by atoms with Gasteiger partial charge in [-0.15, -0.1) is 0 Å². The van der Waals surface area contributed by atoms with E-state index in [9.17, 15) is 14.4 Å². The third-order valence-electron chi connectivity index (χ3n) is 6.19. The number of urea groups is 1. The lowest BCUT2D eigenvalue weighted by Gasteiger charge is -2.40. The Morgan fingerprint density at radius 2 is 2.05 bits per heavy atom. The molecule has 0 aliphatic carbocycles. The maximum Gasteiger partial charge on any atom is 0.334 e. The second-order valence-corrected chi connectivity index (χ2v) is 9.09. The number of ether oxygens (including phenoxy) is 1. The van der Waals surface area contributed by atoms with E-state index in [2.05, 4.69) is 41.8 Å². The zero-order valence-electron chi connectivity index (χ0n) is 23.2. The van der Waals surface area contributed by atoms with Crippen LogP contribution < -0.4 is 10.1 Å². The molecule has 1 aromatic carbocycles. The van der Waals surface area contributed by atoms with Crippen molar-refractivity contribution in [3.8, 4) is 11.9 Å². The molecule has 1 N–H and O–H groups in total. The van der Waals surface area contributed by atoms with Crippen LogP contribution in [-0.4, -0.2) is 33.9 Å². The lowest BCUT2D eigenvalue weighted by molar-refractivity contribution is 0.206. The summed E-state index contributed by atoms with van der Waals surface area (Å²) < 4.78 is 19.2. The van der Waals surface area contributed by atoms with Crippen molar-refractivity contribution >= 4 is 17.7 Å². The summed E-state index contributed by atoms with van der Waals surface area (Å²) in [6.45, 7) is 14.2. The van der Waals surface area contributed by atoms with Crippen LogP contribution in [0, 0.1) is 24.1 Å². The molecule has 1 saturated heterocycles. The summed E-state index contributed by atoms with van der Waals surface area (Å²) in [6.07, 6.45) is 8.28. The van der Waals surface area contributed by atoms with Crippen LogP contribution in [0.5, 0.6) is 5.88 Å². The Morgan fingerprint density at radius 3 is 2.67 bits per heavy atom. The molecule has 0 bridgehead atoms. The second-order valence-electron chi connectivity index (χ2n) is 9.09. The quantitative estimate of drug-likeness (QED) is 0.390. The zero-order valence-corrected chi connectivity index (χ0v) is 23.2. The maximum atomic E-state index is 14.0. The number of carbonyl (C=O) groups excluding carboxylic acids is 1. The van der Waals surface area contributed by atoms with Gasteiger partial charge in [-0.05, 0) is 69.0 Å². The van der Waals surface area contributed by atoms with Crippen molar-refractivity contribution in [2.45, 2.75) is 47.6 Å². The van der Waals surface area contributed by atoms with Gasteiger partial charge in [0, 0.05) is 11.8 Å². The minimum Gasteiger partial charge on any atom is -0.481 e. The molecule has 1 aromatic heterocycles. The van der Waals surface area contributed by atoms with E-state index in [1.807, 2.05) is 39.0 Å². The first kappa shape index (κ1) is 28.9. The predicted octanol–water partition coefficient (Wildman–Crippen LogP) is 6.60. The smallest absolute Gasteiger partial charge is 0.334 e. The van der Waals surface area contributed by atoms with Gasteiger partial charge >= 0.3 is 6.03 Å². The molecule has 39 heavy (non-hydrogen) atoms. The molecule has 1 fully saturated rings. The first-order chi connectivity index (χ1) is 18.6. The Bertz CT molecular complexity index is 1450. The Hall–Kier alpha value is -4.71. The van der Waals surface area contributed by atoms with E-state index in [1.165, 1.54) is 29.7 Å². The predicted molar refractivity (Wildman–Crippen MR) is 150 cm³/mol.